The highest BCUT2D eigenvalue weighted by molar-refractivity contribution is 5.81. The molecule has 0 aliphatic heterocycles. The number of amides is 1. The number of hydrogen-bond acceptors (Lipinski definition) is 3. The Labute approximate surface area is 110 Å². The van der Waals surface area contributed by atoms with Crippen LogP contribution >= 0.6 is 0 Å². The molecule has 0 N–H and O–H groups in total. The molecular weight excluding hydrogens is 230 g/mol. The minimum Gasteiger partial charge on any atom is -0.460 e. The summed E-state index contributed by atoms with van der Waals surface area (Å²) in [6.07, 6.45) is 2.92. The summed E-state index contributed by atoms with van der Waals surface area (Å²) in [6.45, 7) is 12.3. The molecule has 18 heavy (non-hydrogen) atoms. The molecule has 0 aliphatic rings. The molecule has 0 spiro atoms. The molecule has 0 fully saturated rings. The van der Waals surface area contributed by atoms with Crippen LogP contribution in [0, 0.1) is 0 Å². The van der Waals surface area contributed by atoms with Crippen molar-refractivity contribution >= 4 is 11.9 Å². The number of esters is 1. The molecule has 0 saturated heterocycles. The first-order valence-corrected chi connectivity index (χ1v) is 6.40. The fraction of sp³-hybridized carbons (Fsp3) is 0.714. The van der Waals surface area contributed by atoms with Gasteiger partial charge in [-0.25, -0.2) is 0 Å². The zero-order valence-corrected chi connectivity index (χ0v) is 12.0. The van der Waals surface area contributed by atoms with E-state index < -0.39 is 5.60 Å². The first-order chi connectivity index (χ1) is 8.30. The van der Waals surface area contributed by atoms with E-state index in [4.69, 9.17) is 4.74 Å². The van der Waals surface area contributed by atoms with Crippen molar-refractivity contribution in [2.75, 3.05) is 13.1 Å². The van der Waals surface area contributed by atoms with E-state index >= 15 is 0 Å². The SMILES string of the molecule is C=CCN(CCC)C(=O)CCC(=O)OC(C)(C)C. The lowest BCUT2D eigenvalue weighted by Gasteiger charge is -2.22. The van der Waals surface area contributed by atoms with Crippen molar-refractivity contribution in [3.8, 4) is 0 Å². The minimum absolute atomic E-state index is 0.0254. The smallest absolute Gasteiger partial charge is 0.306 e. The standard InChI is InChI=1S/C14H25NO3/c1-6-10-15(11-7-2)12(16)8-9-13(17)18-14(3,4)5/h6H,1,7-11H2,2-5H3. The number of carbonyl (C=O) groups is 2. The predicted octanol–water partition coefficient (Wildman–Crippen LogP) is 2.53. The molecule has 0 unspecified atom stereocenters. The molecule has 1 amide bonds. The third kappa shape index (κ3) is 7.87. The van der Waals surface area contributed by atoms with Gasteiger partial charge in [-0.15, -0.1) is 6.58 Å². The van der Waals surface area contributed by atoms with Crippen LogP contribution in [-0.4, -0.2) is 35.5 Å². The summed E-state index contributed by atoms with van der Waals surface area (Å²) in [6, 6.07) is 0. The van der Waals surface area contributed by atoms with Gasteiger partial charge in [0, 0.05) is 19.5 Å². The topological polar surface area (TPSA) is 46.6 Å². The Bertz CT molecular complexity index is 292. The fourth-order valence-corrected chi connectivity index (χ4v) is 1.50. The molecule has 0 aromatic carbocycles. The second-order valence-corrected chi connectivity index (χ2v) is 5.21. The Hall–Kier alpha value is -1.32. The third-order valence-electron chi connectivity index (χ3n) is 2.16. The lowest BCUT2D eigenvalue weighted by atomic mass is 10.2. The lowest BCUT2D eigenvalue weighted by molar-refractivity contribution is -0.156. The molecule has 4 heteroatoms. The van der Waals surface area contributed by atoms with E-state index in [1.54, 1.807) is 11.0 Å². The Morgan fingerprint density at radius 3 is 2.33 bits per heavy atom. The second-order valence-electron chi connectivity index (χ2n) is 5.21. The summed E-state index contributed by atoms with van der Waals surface area (Å²) in [7, 11) is 0. The van der Waals surface area contributed by atoms with Crippen LogP contribution in [0.2, 0.25) is 0 Å². The molecule has 0 radical (unpaired) electrons. The van der Waals surface area contributed by atoms with Crippen molar-refractivity contribution in [2.45, 2.75) is 52.6 Å². The molecule has 4 nitrogen and oxygen atoms in total. The minimum atomic E-state index is -0.496. The van der Waals surface area contributed by atoms with Crippen molar-refractivity contribution in [1.29, 1.82) is 0 Å². The molecule has 0 heterocycles. The van der Waals surface area contributed by atoms with Crippen LogP contribution in [0.1, 0.15) is 47.0 Å². The van der Waals surface area contributed by atoms with Crippen LogP contribution in [0.25, 0.3) is 0 Å². The van der Waals surface area contributed by atoms with Gasteiger partial charge in [0.05, 0.1) is 6.42 Å². The van der Waals surface area contributed by atoms with Crippen LogP contribution in [0.3, 0.4) is 0 Å². The van der Waals surface area contributed by atoms with Gasteiger partial charge in [0.1, 0.15) is 5.60 Å². The summed E-state index contributed by atoms with van der Waals surface area (Å²) < 4.78 is 5.16. The zero-order chi connectivity index (χ0) is 14.2. The average molecular weight is 255 g/mol. The number of hydrogen-bond donors (Lipinski definition) is 0. The normalized spacial score (nSPS) is 10.9. The monoisotopic (exact) mass is 255 g/mol. The Morgan fingerprint density at radius 1 is 1.28 bits per heavy atom. The zero-order valence-electron chi connectivity index (χ0n) is 12.0. The van der Waals surface area contributed by atoms with Crippen LogP contribution in [0.5, 0.6) is 0 Å². The molecule has 104 valence electrons. The maximum atomic E-state index is 11.9. The molecule has 0 bridgehead atoms. The molecular formula is C14H25NO3. The van der Waals surface area contributed by atoms with E-state index in [1.165, 1.54) is 0 Å². The van der Waals surface area contributed by atoms with Gasteiger partial charge < -0.3 is 9.64 Å². The number of nitrogens with zero attached hydrogens (tertiary/aromatic N) is 1. The van der Waals surface area contributed by atoms with Crippen LogP contribution in [0.4, 0.5) is 0 Å². The number of ether oxygens (including phenoxy) is 1. The van der Waals surface area contributed by atoms with Crippen LogP contribution in [-0.2, 0) is 14.3 Å². The van der Waals surface area contributed by atoms with Gasteiger partial charge in [0.15, 0.2) is 0 Å². The maximum Gasteiger partial charge on any atom is 0.306 e. The summed E-state index contributed by atoms with van der Waals surface area (Å²) in [4.78, 5) is 25.1. The Morgan fingerprint density at radius 2 is 1.89 bits per heavy atom. The second kappa shape index (κ2) is 7.90. The highest BCUT2D eigenvalue weighted by Gasteiger charge is 2.18. The van der Waals surface area contributed by atoms with Crippen molar-refractivity contribution in [3.05, 3.63) is 12.7 Å². The van der Waals surface area contributed by atoms with Crippen molar-refractivity contribution < 1.29 is 14.3 Å². The lowest BCUT2D eigenvalue weighted by Crippen LogP contribution is -2.32. The highest BCUT2D eigenvalue weighted by atomic mass is 16.6. The van der Waals surface area contributed by atoms with Gasteiger partial charge in [-0.2, -0.15) is 0 Å². The first kappa shape index (κ1) is 16.7. The van der Waals surface area contributed by atoms with Crippen molar-refractivity contribution in [2.24, 2.45) is 0 Å². The van der Waals surface area contributed by atoms with E-state index in [1.807, 2.05) is 27.7 Å². The van der Waals surface area contributed by atoms with Crippen molar-refractivity contribution in [1.82, 2.24) is 4.90 Å². The van der Waals surface area contributed by atoms with E-state index in [0.717, 1.165) is 6.42 Å². The van der Waals surface area contributed by atoms with Gasteiger partial charge in [-0.3, -0.25) is 9.59 Å². The largest absolute Gasteiger partial charge is 0.460 e. The fourth-order valence-electron chi connectivity index (χ4n) is 1.50. The molecule has 0 aromatic heterocycles. The third-order valence-corrected chi connectivity index (χ3v) is 2.16. The quantitative estimate of drug-likeness (QED) is 0.519. The summed E-state index contributed by atoms with van der Waals surface area (Å²) in [5.74, 6) is -0.353. The van der Waals surface area contributed by atoms with E-state index in [2.05, 4.69) is 6.58 Å². The van der Waals surface area contributed by atoms with E-state index in [-0.39, 0.29) is 24.7 Å². The van der Waals surface area contributed by atoms with E-state index in [0.29, 0.717) is 13.1 Å². The van der Waals surface area contributed by atoms with Gasteiger partial charge in [-0.05, 0) is 27.2 Å². The Balaban J connectivity index is 4.14. The number of rotatable bonds is 7. The molecule has 0 aliphatic carbocycles. The Kier molecular flexibility index (Phi) is 7.32. The molecule has 0 saturated carbocycles. The van der Waals surface area contributed by atoms with Crippen LogP contribution in [0.15, 0.2) is 12.7 Å². The van der Waals surface area contributed by atoms with Gasteiger partial charge in [-0.1, -0.05) is 13.0 Å². The van der Waals surface area contributed by atoms with Crippen LogP contribution < -0.4 is 0 Å². The maximum absolute atomic E-state index is 11.9. The summed E-state index contributed by atoms with van der Waals surface area (Å²) in [5, 5.41) is 0. The van der Waals surface area contributed by atoms with Crippen molar-refractivity contribution in [3.63, 3.8) is 0 Å². The van der Waals surface area contributed by atoms with Gasteiger partial charge in [0.25, 0.3) is 0 Å². The summed E-state index contributed by atoms with van der Waals surface area (Å²) >= 11 is 0. The number of carbonyl (C=O) groups excluding carboxylic acids is 2. The molecule has 0 aromatic rings. The average Bonchev–Trinajstić information content (AvgIpc) is 2.23. The van der Waals surface area contributed by atoms with Gasteiger partial charge >= 0.3 is 5.97 Å². The predicted molar refractivity (Wildman–Crippen MR) is 72.1 cm³/mol. The molecule has 0 rings (SSSR count). The highest BCUT2D eigenvalue weighted by Crippen LogP contribution is 2.10. The van der Waals surface area contributed by atoms with E-state index in [9.17, 15) is 9.59 Å². The first-order valence-electron chi connectivity index (χ1n) is 6.40. The van der Waals surface area contributed by atoms with Gasteiger partial charge in [0.2, 0.25) is 5.91 Å². The molecule has 0 atom stereocenters. The summed E-state index contributed by atoms with van der Waals surface area (Å²) in [5.41, 5.74) is -0.496.